The summed E-state index contributed by atoms with van der Waals surface area (Å²) >= 11 is 1.30. The molecule has 1 unspecified atom stereocenters. The van der Waals surface area contributed by atoms with Crippen LogP contribution < -0.4 is 0 Å². The Morgan fingerprint density at radius 3 is 2.63 bits per heavy atom. The molecule has 0 bridgehead atoms. The number of carbonyl (C=O) groups is 3. The van der Waals surface area contributed by atoms with Crippen molar-refractivity contribution in [1.82, 2.24) is 9.80 Å². The van der Waals surface area contributed by atoms with Crippen LogP contribution in [-0.4, -0.2) is 60.9 Å². The van der Waals surface area contributed by atoms with Gasteiger partial charge in [0.05, 0.1) is 23.9 Å². The Bertz CT molecular complexity index is 912. The Morgan fingerprint density at radius 2 is 1.93 bits per heavy atom. The van der Waals surface area contributed by atoms with Gasteiger partial charge in [-0.25, -0.2) is 4.39 Å². The van der Waals surface area contributed by atoms with Crippen molar-refractivity contribution in [2.75, 3.05) is 33.3 Å². The lowest BCUT2D eigenvalue weighted by Crippen LogP contribution is -2.47. The molecule has 1 aliphatic rings. The SMILES string of the molecule is CCOC(=O)C1CCCN(C(=O)CN(C)C(=O)c2ccc(-c3ccc(F)cc3)s2)C1. The fraction of sp³-hybridized carbons (Fsp3) is 0.409. The predicted octanol–water partition coefficient (Wildman–Crippen LogP) is 3.43. The number of amides is 2. The van der Waals surface area contributed by atoms with Gasteiger partial charge < -0.3 is 14.5 Å². The largest absolute Gasteiger partial charge is 0.466 e. The molecule has 0 N–H and O–H groups in total. The molecule has 30 heavy (non-hydrogen) atoms. The zero-order valence-electron chi connectivity index (χ0n) is 17.1. The molecular formula is C22H25FN2O4S. The van der Waals surface area contributed by atoms with Crippen LogP contribution in [-0.2, 0) is 14.3 Å². The van der Waals surface area contributed by atoms with Gasteiger partial charge >= 0.3 is 5.97 Å². The van der Waals surface area contributed by atoms with Gasteiger partial charge in [0.2, 0.25) is 5.91 Å². The van der Waals surface area contributed by atoms with Gasteiger partial charge in [-0.2, -0.15) is 0 Å². The molecule has 2 heterocycles. The maximum absolute atomic E-state index is 13.1. The van der Waals surface area contributed by atoms with Gasteiger partial charge in [0.25, 0.3) is 5.91 Å². The van der Waals surface area contributed by atoms with Crippen molar-refractivity contribution in [2.45, 2.75) is 19.8 Å². The van der Waals surface area contributed by atoms with Gasteiger partial charge in [-0.15, -0.1) is 11.3 Å². The number of nitrogens with zero attached hydrogens (tertiary/aromatic N) is 2. The van der Waals surface area contributed by atoms with Crippen molar-refractivity contribution in [3.05, 3.63) is 47.1 Å². The highest BCUT2D eigenvalue weighted by Crippen LogP contribution is 2.29. The second-order valence-corrected chi connectivity index (χ2v) is 8.35. The predicted molar refractivity (Wildman–Crippen MR) is 113 cm³/mol. The van der Waals surface area contributed by atoms with E-state index >= 15 is 0 Å². The first-order valence-electron chi connectivity index (χ1n) is 9.94. The minimum Gasteiger partial charge on any atom is -0.466 e. The van der Waals surface area contributed by atoms with E-state index < -0.39 is 0 Å². The second-order valence-electron chi connectivity index (χ2n) is 7.26. The highest BCUT2D eigenvalue weighted by atomic mass is 32.1. The number of esters is 1. The van der Waals surface area contributed by atoms with Crippen LogP contribution in [0.4, 0.5) is 4.39 Å². The third kappa shape index (κ3) is 5.24. The molecule has 1 aliphatic heterocycles. The summed E-state index contributed by atoms with van der Waals surface area (Å²) in [5, 5.41) is 0. The standard InChI is InChI=1S/C22H25FN2O4S/c1-3-29-22(28)16-5-4-12-25(13-16)20(26)14-24(2)21(27)19-11-10-18(30-19)15-6-8-17(23)9-7-15/h6-11,16H,3-5,12-14H2,1-2H3. The average Bonchev–Trinajstić information content (AvgIpc) is 3.24. The summed E-state index contributed by atoms with van der Waals surface area (Å²) < 4.78 is 18.2. The quantitative estimate of drug-likeness (QED) is 0.656. The lowest BCUT2D eigenvalue weighted by molar-refractivity contribution is -0.151. The zero-order valence-corrected chi connectivity index (χ0v) is 17.9. The molecule has 0 aliphatic carbocycles. The molecule has 0 radical (unpaired) electrons. The number of likely N-dealkylation sites (tertiary alicyclic amines) is 1. The van der Waals surface area contributed by atoms with Crippen LogP contribution in [0.2, 0.25) is 0 Å². The van der Waals surface area contributed by atoms with E-state index in [9.17, 15) is 18.8 Å². The number of ether oxygens (including phenoxy) is 1. The summed E-state index contributed by atoms with van der Waals surface area (Å²) in [6.45, 7) is 2.92. The lowest BCUT2D eigenvalue weighted by atomic mass is 9.98. The van der Waals surface area contributed by atoms with E-state index in [1.165, 1.54) is 28.4 Å². The molecule has 6 nitrogen and oxygen atoms in total. The van der Waals surface area contributed by atoms with Crippen LogP contribution in [0.1, 0.15) is 29.4 Å². The molecule has 0 saturated carbocycles. The number of hydrogen-bond donors (Lipinski definition) is 0. The normalized spacial score (nSPS) is 16.2. The zero-order chi connectivity index (χ0) is 21.7. The molecule has 1 fully saturated rings. The van der Waals surface area contributed by atoms with Crippen molar-refractivity contribution in [2.24, 2.45) is 5.92 Å². The molecule has 2 amide bonds. The molecule has 3 rings (SSSR count). The number of hydrogen-bond acceptors (Lipinski definition) is 5. The first-order chi connectivity index (χ1) is 14.4. The number of benzene rings is 1. The molecule has 1 saturated heterocycles. The van der Waals surface area contributed by atoms with Crippen molar-refractivity contribution in [3.63, 3.8) is 0 Å². The van der Waals surface area contributed by atoms with E-state index in [4.69, 9.17) is 4.74 Å². The molecule has 0 spiro atoms. The van der Waals surface area contributed by atoms with Crippen molar-refractivity contribution < 1.29 is 23.5 Å². The van der Waals surface area contributed by atoms with E-state index in [1.807, 2.05) is 6.07 Å². The maximum Gasteiger partial charge on any atom is 0.310 e. The highest BCUT2D eigenvalue weighted by Gasteiger charge is 2.30. The smallest absolute Gasteiger partial charge is 0.310 e. The van der Waals surface area contributed by atoms with Crippen LogP contribution in [0.5, 0.6) is 0 Å². The fourth-order valence-electron chi connectivity index (χ4n) is 3.44. The van der Waals surface area contributed by atoms with Crippen molar-refractivity contribution in [3.8, 4) is 10.4 Å². The Morgan fingerprint density at radius 1 is 1.20 bits per heavy atom. The van der Waals surface area contributed by atoms with Crippen LogP contribution in [0.3, 0.4) is 0 Å². The molecular weight excluding hydrogens is 407 g/mol. The van der Waals surface area contributed by atoms with Crippen LogP contribution in [0, 0.1) is 11.7 Å². The molecule has 1 atom stereocenters. The molecule has 2 aromatic rings. The summed E-state index contributed by atoms with van der Waals surface area (Å²) in [6, 6.07) is 9.62. The molecule has 1 aromatic carbocycles. The summed E-state index contributed by atoms with van der Waals surface area (Å²) in [6.07, 6.45) is 1.44. The lowest BCUT2D eigenvalue weighted by Gasteiger charge is -2.32. The number of piperidine rings is 1. The number of carbonyl (C=O) groups excluding carboxylic acids is 3. The van der Waals surface area contributed by atoms with Crippen LogP contribution in [0.15, 0.2) is 36.4 Å². The topological polar surface area (TPSA) is 66.9 Å². The van der Waals surface area contributed by atoms with Gasteiger partial charge in [0, 0.05) is 25.0 Å². The van der Waals surface area contributed by atoms with E-state index in [0.717, 1.165) is 16.9 Å². The minimum atomic E-state index is -0.312. The third-order valence-electron chi connectivity index (χ3n) is 5.06. The first kappa shape index (κ1) is 22.0. The monoisotopic (exact) mass is 432 g/mol. The third-order valence-corrected chi connectivity index (χ3v) is 6.18. The summed E-state index contributed by atoms with van der Waals surface area (Å²) in [7, 11) is 1.59. The molecule has 8 heteroatoms. The van der Waals surface area contributed by atoms with Gasteiger partial charge in [-0.05, 0) is 49.6 Å². The van der Waals surface area contributed by atoms with E-state index in [0.29, 0.717) is 31.0 Å². The van der Waals surface area contributed by atoms with Gasteiger partial charge in [-0.3, -0.25) is 14.4 Å². The fourth-order valence-corrected chi connectivity index (χ4v) is 4.45. The van der Waals surface area contributed by atoms with E-state index in [-0.39, 0.29) is 36.1 Å². The Hall–Kier alpha value is -2.74. The van der Waals surface area contributed by atoms with E-state index in [1.54, 1.807) is 37.1 Å². The second kappa shape index (κ2) is 9.84. The van der Waals surface area contributed by atoms with Crippen LogP contribution in [0.25, 0.3) is 10.4 Å². The number of likely N-dealkylation sites (N-methyl/N-ethyl adjacent to an activating group) is 1. The summed E-state index contributed by atoms with van der Waals surface area (Å²) in [5.41, 5.74) is 0.831. The van der Waals surface area contributed by atoms with Gasteiger partial charge in [0.1, 0.15) is 5.82 Å². The Balaban J connectivity index is 1.59. The van der Waals surface area contributed by atoms with Gasteiger partial charge in [-0.1, -0.05) is 12.1 Å². The molecule has 160 valence electrons. The minimum absolute atomic E-state index is 0.0574. The van der Waals surface area contributed by atoms with Crippen molar-refractivity contribution >= 4 is 29.1 Å². The van der Waals surface area contributed by atoms with Gasteiger partial charge in [0.15, 0.2) is 0 Å². The number of halogens is 1. The Kier molecular flexibility index (Phi) is 7.20. The summed E-state index contributed by atoms with van der Waals surface area (Å²) in [4.78, 5) is 41.8. The number of thiophene rings is 1. The maximum atomic E-state index is 13.1. The first-order valence-corrected chi connectivity index (χ1v) is 10.8. The molecule has 1 aromatic heterocycles. The van der Waals surface area contributed by atoms with E-state index in [2.05, 4.69) is 0 Å². The average molecular weight is 433 g/mol. The summed E-state index contributed by atoms with van der Waals surface area (Å²) in [5.74, 6) is -1.32. The van der Waals surface area contributed by atoms with Crippen LogP contribution >= 0.6 is 11.3 Å². The highest BCUT2D eigenvalue weighted by molar-refractivity contribution is 7.17. The Labute approximate surface area is 179 Å². The number of rotatable bonds is 6. The van der Waals surface area contributed by atoms with Crippen molar-refractivity contribution in [1.29, 1.82) is 0 Å².